The zero-order valence-electron chi connectivity index (χ0n) is 11.9. The Morgan fingerprint density at radius 1 is 1.45 bits per heavy atom. The first-order valence-corrected chi connectivity index (χ1v) is 6.68. The van der Waals surface area contributed by atoms with Gasteiger partial charge in [-0.15, -0.1) is 0 Å². The Kier molecular flexibility index (Phi) is 4.19. The molecule has 1 aromatic rings. The number of nitrogens with one attached hydrogen (secondary N) is 1. The van der Waals surface area contributed by atoms with Gasteiger partial charge in [-0.3, -0.25) is 4.79 Å². The van der Waals surface area contributed by atoms with Crippen LogP contribution in [0.1, 0.15) is 13.3 Å². The fourth-order valence-electron chi connectivity index (χ4n) is 2.18. The third kappa shape index (κ3) is 3.59. The average Bonchev–Trinajstić information content (AvgIpc) is 2.38. The Hall–Kier alpha value is -2.03. The summed E-state index contributed by atoms with van der Waals surface area (Å²) in [6.45, 7) is 0.606. The summed E-state index contributed by atoms with van der Waals surface area (Å²) in [5, 5.41) is 12.1. The lowest BCUT2D eigenvalue weighted by atomic mass is 9.92. The second-order valence-electron chi connectivity index (χ2n) is 5.33. The monoisotopic (exact) mass is 319 g/mol. The van der Waals surface area contributed by atoms with Crippen molar-refractivity contribution in [2.45, 2.75) is 31.7 Å². The predicted molar refractivity (Wildman–Crippen MR) is 72.6 cm³/mol. The van der Waals surface area contributed by atoms with Crippen molar-refractivity contribution >= 4 is 11.7 Å². The van der Waals surface area contributed by atoms with Crippen molar-refractivity contribution in [1.29, 1.82) is 0 Å². The molecule has 0 bridgehead atoms. The van der Waals surface area contributed by atoms with Crippen LogP contribution in [0.2, 0.25) is 0 Å². The van der Waals surface area contributed by atoms with E-state index in [1.807, 2.05) is 0 Å². The van der Waals surface area contributed by atoms with Crippen molar-refractivity contribution in [2.24, 2.45) is 0 Å². The third-order valence-electron chi connectivity index (χ3n) is 3.53. The lowest BCUT2D eigenvalue weighted by molar-refractivity contribution is -0.141. The molecule has 1 fully saturated rings. The second-order valence-corrected chi connectivity index (χ2v) is 5.33. The molecule has 0 unspecified atom stereocenters. The Labute approximate surface area is 124 Å². The van der Waals surface area contributed by atoms with Gasteiger partial charge < -0.3 is 19.9 Å². The van der Waals surface area contributed by atoms with Gasteiger partial charge in [0.15, 0.2) is 0 Å². The number of anilines is 1. The molecule has 2 rings (SSSR count). The fourth-order valence-corrected chi connectivity index (χ4v) is 2.18. The van der Waals surface area contributed by atoms with Gasteiger partial charge in [0.05, 0.1) is 18.7 Å². The van der Waals surface area contributed by atoms with Crippen LogP contribution >= 0.6 is 0 Å². The second kappa shape index (κ2) is 5.64. The zero-order chi connectivity index (χ0) is 16.5. The number of β-amino-alcohol motifs (C(OH)–C–C–N with tert-alkyl or cyclic N) is 1. The molecular weight excluding hydrogens is 303 g/mol. The number of carbonyl (C=O) groups excluding carboxylic acids is 1. The lowest BCUT2D eigenvalue weighted by Gasteiger charge is -2.45. The summed E-state index contributed by atoms with van der Waals surface area (Å²) in [7, 11) is 0. The molecule has 2 N–H and O–H groups in total. The van der Waals surface area contributed by atoms with Crippen molar-refractivity contribution in [3.63, 3.8) is 0 Å². The summed E-state index contributed by atoms with van der Waals surface area (Å²) < 4.78 is 37.5. The molecule has 122 valence electrons. The maximum Gasteiger partial charge on any atom is 0.406 e. The van der Waals surface area contributed by atoms with Crippen LogP contribution < -0.4 is 10.9 Å². The molecule has 1 aromatic heterocycles. The Morgan fingerprint density at radius 3 is 2.64 bits per heavy atom. The summed E-state index contributed by atoms with van der Waals surface area (Å²) >= 11 is 0. The molecule has 0 aromatic carbocycles. The number of alkyl halides is 3. The van der Waals surface area contributed by atoms with Crippen LogP contribution in [0.15, 0.2) is 23.1 Å². The van der Waals surface area contributed by atoms with Gasteiger partial charge in [-0.2, -0.15) is 13.2 Å². The molecule has 2 amide bonds. The van der Waals surface area contributed by atoms with Gasteiger partial charge in [0.2, 0.25) is 0 Å². The highest BCUT2D eigenvalue weighted by Gasteiger charge is 2.42. The minimum atomic E-state index is -4.53. The van der Waals surface area contributed by atoms with E-state index in [9.17, 15) is 27.9 Å². The summed E-state index contributed by atoms with van der Waals surface area (Å²) in [6.07, 6.45) is -3.03. The van der Waals surface area contributed by atoms with Gasteiger partial charge in [-0.05, 0) is 18.6 Å². The smallest absolute Gasteiger partial charge is 0.386 e. The first-order valence-electron chi connectivity index (χ1n) is 6.68. The minimum Gasteiger partial charge on any atom is -0.386 e. The molecule has 2 heterocycles. The van der Waals surface area contributed by atoms with Gasteiger partial charge in [0, 0.05) is 6.20 Å². The summed E-state index contributed by atoms with van der Waals surface area (Å²) in [5.74, 6) is 0. The van der Waals surface area contributed by atoms with Crippen LogP contribution in [0.3, 0.4) is 0 Å². The number of halogens is 3. The van der Waals surface area contributed by atoms with Crippen molar-refractivity contribution in [3.05, 3.63) is 28.7 Å². The largest absolute Gasteiger partial charge is 0.406 e. The first kappa shape index (κ1) is 16.3. The summed E-state index contributed by atoms with van der Waals surface area (Å²) in [4.78, 5) is 25.0. The molecule has 22 heavy (non-hydrogen) atoms. The number of carbonyl (C=O) groups is 1. The Balaban J connectivity index is 2.06. The topological polar surface area (TPSA) is 74.6 Å². The maximum atomic E-state index is 12.3. The minimum absolute atomic E-state index is 0.124. The normalized spacial score (nSPS) is 17.0. The van der Waals surface area contributed by atoms with Crippen molar-refractivity contribution in [2.75, 3.05) is 18.4 Å². The van der Waals surface area contributed by atoms with Crippen molar-refractivity contribution < 1.29 is 23.1 Å². The zero-order valence-corrected chi connectivity index (χ0v) is 11.9. The number of amides is 2. The van der Waals surface area contributed by atoms with Gasteiger partial charge in [-0.1, -0.05) is 6.92 Å². The van der Waals surface area contributed by atoms with Crippen LogP contribution in [0.4, 0.5) is 23.7 Å². The molecule has 0 radical (unpaired) electrons. The lowest BCUT2D eigenvalue weighted by Crippen LogP contribution is -2.64. The highest BCUT2D eigenvalue weighted by molar-refractivity contribution is 5.89. The molecule has 0 saturated carbocycles. The molecule has 6 nitrogen and oxygen atoms in total. The quantitative estimate of drug-likeness (QED) is 0.884. The van der Waals surface area contributed by atoms with Crippen LogP contribution in [0.5, 0.6) is 0 Å². The highest BCUT2D eigenvalue weighted by atomic mass is 19.4. The van der Waals surface area contributed by atoms with E-state index in [-0.39, 0.29) is 18.8 Å². The van der Waals surface area contributed by atoms with E-state index in [1.165, 1.54) is 17.0 Å². The molecule has 9 heteroatoms. The standard InChI is InChI=1S/C13H16F3N3O3/c1-2-12(22)6-19(7-12)11(21)17-9-4-3-5-18(10(9)20)8-13(14,15)16/h3-5,22H,2,6-8H2,1H3,(H,17,21). The van der Waals surface area contributed by atoms with Crippen LogP contribution in [-0.2, 0) is 6.54 Å². The van der Waals surface area contributed by atoms with Crippen molar-refractivity contribution in [3.8, 4) is 0 Å². The number of aliphatic hydroxyl groups is 1. The Bertz CT molecular complexity index is 621. The van der Waals surface area contributed by atoms with E-state index >= 15 is 0 Å². The fraction of sp³-hybridized carbons (Fsp3) is 0.538. The first-order chi connectivity index (χ1) is 10.1. The van der Waals surface area contributed by atoms with Crippen LogP contribution in [0, 0.1) is 0 Å². The number of urea groups is 1. The summed E-state index contributed by atoms with van der Waals surface area (Å²) in [5.41, 5.74) is -2.09. The highest BCUT2D eigenvalue weighted by Crippen LogP contribution is 2.24. The van der Waals surface area contributed by atoms with E-state index in [4.69, 9.17) is 0 Å². The summed E-state index contributed by atoms with van der Waals surface area (Å²) in [6, 6.07) is 1.86. The van der Waals surface area contributed by atoms with E-state index < -0.39 is 29.9 Å². The van der Waals surface area contributed by atoms with E-state index in [2.05, 4.69) is 5.32 Å². The molecule has 0 atom stereocenters. The van der Waals surface area contributed by atoms with E-state index in [0.29, 0.717) is 11.0 Å². The molecule has 1 aliphatic heterocycles. The van der Waals surface area contributed by atoms with Gasteiger partial charge in [-0.25, -0.2) is 4.79 Å². The SMILES string of the molecule is CCC1(O)CN(C(=O)Nc2cccn(CC(F)(F)F)c2=O)C1. The molecule has 0 spiro atoms. The van der Waals surface area contributed by atoms with Gasteiger partial charge >= 0.3 is 12.2 Å². The molecule has 1 saturated heterocycles. The number of pyridine rings is 1. The number of likely N-dealkylation sites (tertiary alicyclic amines) is 1. The van der Waals surface area contributed by atoms with Crippen molar-refractivity contribution in [1.82, 2.24) is 9.47 Å². The third-order valence-corrected chi connectivity index (χ3v) is 3.53. The molecule has 0 aliphatic carbocycles. The van der Waals surface area contributed by atoms with Gasteiger partial charge in [0.1, 0.15) is 12.2 Å². The van der Waals surface area contributed by atoms with E-state index in [0.717, 1.165) is 6.20 Å². The van der Waals surface area contributed by atoms with E-state index in [1.54, 1.807) is 6.92 Å². The average molecular weight is 319 g/mol. The number of nitrogens with zero attached hydrogens (tertiary/aromatic N) is 2. The number of aromatic nitrogens is 1. The number of rotatable bonds is 3. The van der Waals surface area contributed by atoms with Crippen LogP contribution in [0.25, 0.3) is 0 Å². The number of hydrogen-bond acceptors (Lipinski definition) is 3. The van der Waals surface area contributed by atoms with Gasteiger partial charge in [0.25, 0.3) is 5.56 Å². The number of hydrogen-bond donors (Lipinski definition) is 2. The predicted octanol–water partition coefficient (Wildman–Crippen LogP) is 1.40. The molecular formula is C13H16F3N3O3. The molecule has 1 aliphatic rings. The maximum absolute atomic E-state index is 12.3. The van der Waals surface area contributed by atoms with Crippen LogP contribution in [-0.4, -0.2) is 45.5 Å². The Morgan fingerprint density at radius 2 is 2.09 bits per heavy atom.